The Morgan fingerprint density at radius 2 is 1.96 bits per heavy atom. The maximum atomic E-state index is 13.0. The summed E-state index contributed by atoms with van der Waals surface area (Å²) in [5.41, 5.74) is 7.54. The molecule has 1 fully saturated rings. The van der Waals surface area contributed by atoms with Crippen LogP contribution in [0.25, 0.3) is 10.9 Å². The van der Waals surface area contributed by atoms with Crippen LogP contribution in [0.4, 0.5) is 0 Å². The van der Waals surface area contributed by atoms with E-state index in [1.807, 2.05) is 42.8 Å². The number of hydrogen-bond donors (Lipinski definition) is 2. The number of fused-ring (bicyclic) bond motifs is 1. The molecule has 2 aromatic rings. The number of aromatic nitrogens is 1. The summed E-state index contributed by atoms with van der Waals surface area (Å²) in [5, 5.41) is 0.766. The molecule has 3 rings (SSSR count). The lowest BCUT2D eigenvalue weighted by molar-refractivity contribution is 0.405. The van der Waals surface area contributed by atoms with E-state index in [0.717, 1.165) is 42.3 Å². The Morgan fingerprint density at radius 3 is 2.61 bits per heavy atom. The van der Waals surface area contributed by atoms with Crippen LogP contribution in [-0.2, 0) is 17.1 Å². The van der Waals surface area contributed by atoms with E-state index in [0.29, 0.717) is 17.4 Å². The topological polar surface area (TPSA) is 77.1 Å². The van der Waals surface area contributed by atoms with E-state index in [2.05, 4.69) is 4.72 Å². The largest absolute Gasteiger partial charge is 0.347 e. The minimum atomic E-state index is -3.60. The van der Waals surface area contributed by atoms with Gasteiger partial charge in [0, 0.05) is 36.2 Å². The molecule has 0 spiro atoms. The van der Waals surface area contributed by atoms with Gasteiger partial charge in [0.05, 0.1) is 0 Å². The van der Waals surface area contributed by atoms with Crippen molar-refractivity contribution in [1.29, 1.82) is 0 Å². The molecule has 0 bridgehead atoms. The number of rotatable bonds is 5. The van der Waals surface area contributed by atoms with Crippen LogP contribution in [0.1, 0.15) is 31.4 Å². The van der Waals surface area contributed by atoms with Crippen molar-refractivity contribution in [3.8, 4) is 0 Å². The number of para-hydroxylation sites is 1. The average molecular weight is 335 g/mol. The zero-order chi connectivity index (χ0) is 16.6. The first-order valence-electron chi connectivity index (χ1n) is 8.22. The summed E-state index contributed by atoms with van der Waals surface area (Å²) in [7, 11) is -1.70. The van der Waals surface area contributed by atoms with Crippen molar-refractivity contribution in [2.75, 3.05) is 6.54 Å². The van der Waals surface area contributed by atoms with E-state index >= 15 is 0 Å². The van der Waals surface area contributed by atoms with Gasteiger partial charge in [-0.15, -0.1) is 0 Å². The minimum Gasteiger partial charge on any atom is -0.347 e. The molecular formula is C17H25N3O2S. The lowest BCUT2D eigenvalue weighted by Crippen LogP contribution is -2.44. The highest BCUT2D eigenvalue weighted by Gasteiger charge is 2.31. The van der Waals surface area contributed by atoms with E-state index in [1.165, 1.54) is 0 Å². The number of nitrogens with two attached hydrogens (primary N) is 1. The van der Waals surface area contributed by atoms with Crippen LogP contribution in [0.15, 0.2) is 29.2 Å². The summed E-state index contributed by atoms with van der Waals surface area (Å²) in [6.45, 7) is 2.19. The van der Waals surface area contributed by atoms with Crippen molar-refractivity contribution < 1.29 is 8.42 Å². The molecule has 0 amide bonds. The lowest BCUT2D eigenvalue weighted by atomic mass is 9.99. The van der Waals surface area contributed by atoms with Crippen LogP contribution >= 0.6 is 0 Å². The molecule has 1 aromatic heterocycles. The molecule has 1 aromatic carbocycles. The molecule has 23 heavy (non-hydrogen) atoms. The third-order valence-corrected chi connectivity index (χ3v) is 6.81. The molecule has 5 nitrogen and oxygen atoms in total. The predicted octanol–water partition coefficient (Wildman–Crippen LogP) is 2.28. The molecule has 6 heteroatoms. The molecule has 1 aliphatic rings. The number of nitrogens with zero attached hydrogens (tertiary/aromatic N) is 1. The second kappa shape index (κ2) is 6.26. The van der Waals surface area contributed by atoms with Crippen molar-refractivity contribution in [2.45, 2.75) is 43.5 Å². The number of sulfonamides is 1. The Kier molecular flexibility index (Phi) is 4.49. The summed E-state index contributed by atoms with van der Waals surface area (Å²) in [6.07, 6.45) is 4.43. The first kappa shape index (κ1) is 16.5. The van der Waals surface area contributed by atoms with Gasteiger partial charge < -0.3 is 10.3 Å². The van der Waals surface area contributed by atoms with Gasteiger partial charge in [0.15, 0.2) is 0 Å². The SMILES string of the molecule is Cc1c(S(=O)(=O)NC(CN)C2CCCC2)c2ccccc2n1C. The van der Waals surface area contributed by atoms with E-state index in [9.17, 15) is 8.42 Å². The Labute approximate surface area is 137 Å². The summed E-state index contributed by atoms with van der Waals surface area (Å²) in [5.74, 6) is 0.352. The van der Waals surface area contributed by atoms with E-state index in [-0.39, 0.29) is 6.04 Å². The fourth-order valence-electron chi connectivity index (χ4n) is 3.78. The van der Waals surface area contributed by atoms with Gasteiger partial charge in [0.2, 0.25) is 10.0 Å². The van der Waals surface area contributed by atoms with Crippen LogP contribution in [0.2, 0.25) is 0 Å². The van der Waals surface area contributed by atoms with E-state index < -0.39 is 10.0 Å². The average Bonchev–Trinajstić information content (AvgIpc) is 3.14. The highest BCUT2D eigenvalue weighted by atomic mass is 32.2. The minimum absolute atomic E-state index is 0.180. The normalized spacial score (nSPS) is 17.9. The van der Waals surface area contributed by atoms with Crippen molar-refractivity contribution in [3.05, 3.63) is 30.0 Å². The number of nitrogens with one attached hydrogen (secondary N) is 1. The quantitative estimate of drug-likeness (QED) is 0.880. The molecule has 1 unspecified atom stereocenters. The molecular weight excluding hydrogens is 310 g/mol. The van der Waals surface area contributed by atoms with Crippen molar-refractivity contribution in [1.82, 2.24) is 9.29 Å². The van der Waals surface area contributed by atoms with Crippen molar-refractivity contribution >= 4 is 20.9 Å². The zero-order valence-electron chi connectivity index (χ0n) is 13.7. The standard InChI is InChI=1S/C17H25N3O2S/c1-12-17(14-9-5-6-10-16(14)20(12)2)23(21,22)19-15(11-18)13-7-3-4-8-13/h5-6,9-10,13,15,19H,3-4,7-8,11,18H2,1-2H3. The lowest BCUT2D eigenvalue weighted by Gasteiger charge is -2.23. The van der Waals surface area contributed by atoms with Crippen LogP contribution < -0.4 is 10.5 Å². The molecule has 0 aliphatic heterocycles. The first-order chi connectivity index (χ1) is 11.0. The smallest absolute Gasteiger partial charge is 0.243 e. The van der Waals surface area contributed by atoms with Gasteiger partial charge >= 0.3 is 0 Å². The third-order valence-electron chi connectivity index (χ3n) is 5.14. The van der Waals surface area contributed by atoms with E-state index in [1.54, 1.807) is 0 Å². The number of aryl methyl sites for hydroxylation is 1. The van der Waals surface area contributed by atoms with Gasteiger partial charge in [-0.3, -0.25) is 0 Å². The van der Waals surface area contributed by atoms with Crippen molar-refractivity contribution in [2.24, 2.45) is 18.7 Å². The Hall–Kier alpha value is -1.37. The summed E-state index contributed by atoms with van der Waals surface area (Å²) >= 11 is 0. The maximum absolute atomic E-state index is 13.0. The number of hydrogen-bond acceptors (Lipinski definition) is 3. The van der Waals surface area contributed by atoms with Crippen LogP contribution in [0.5, 0.6) is 0 Å². The monoisotopic (exact) mass is 335 g/mol. The van der Waals surface area contributed by atoms with Gasteiger partial charge in [0.25, 0.3) is 0 Å². The number of benzene rings is 1. The maximum Gasteiger partial charge on any atom is 0.243 e. The van der Waals surface area contributed by atoms with E-state index in [4.69, 9.17) is 5.73 Å². The molecule has 1 heterocycles. The van der Waals surface area contributed by atoms with Gasteiger partial charge in [-0.25, -0.2) is 13.1 Å². The molecule has 126 valence electrons. The Bertz CT molecular complexity index is 805. The highest BCUT2D eigenvalue weighted by molar-refractivity contribution is 7.89. The summed E-state index contributed by atoms with van der Waals surface area (Å²) in [6, 6.07) is 7.43. The van der Waals surface area contributed by atoms with Gasteiger partial charge in [-0.05, 0) is 31.7 Å². The zero-order valence-corrected chi connectivity index (χ0v) is 14.6. The third kappa shape index (κ3) is 2.91. The fraction of sp³-hybridized carbons (Fsp3) is 0.529. The molecule has 3 N–H and O–H groups in total. The molecule has 0 radical (unpaired) electrons. The van der Waals surface area contributed by atoms with Crippen molar-refractivity contribution in [3.63, 3.8) is 0 Å². The first-order valence-corrected chi connectivity index (χ1v) is 9.70. The Morgan fingerprint density at radius 1 is 1.30 bits per heavy atom. The Balaban J connectivity index is 2.01. The molecule has 1 atom stereocenters. The van der Waals surface area contributed by atoms with Gasteiger partial charge in [-0.1, -0.05) is 31.0 Å². The predicted molar refractivity (Wildman–Crippen MR) is 92.8 cm³/mol. The van der Waals surface area contributed by atoms with Crippen LogP contribution in [-0.4, -0.2) is 25.6 Å². The molecule has 1 saturated carbocycles. The highest BCUT2D eigenvalue weighted by Crippen LogP contribution is 2.31. The second-order valence-electron chi connectivity index (χ2n) is 6.50. The molecule has 1 aliphatic carbocycles. The summed E-state index contributed by atoms with van der Waals surface area (Å²) < 4.78 is 30.9. The van der Waals surface area contributed by atoms with Gasteiger partial charge in [0.1, 0.15) is 4.90 Å². The van der Waals surface area contributed by atoms with Crippen LogP contribution in [0, 0.1) is 12.8 Å². The molecule has 0 saturated heterocycles. The van der Waals surface area contributed by atoms with Crippen LogP contribution in [0.3, 0.4) is 0 Å². The van der Waals surface area contributed by atoms with Gasteiger partial charge in [-0.2, -0.15) is 0 Å². The fourth-order valence-corrected chi connectivity index (χ4v) is 5.57. The summed E-state index contributed by atoms with van der Waals surface area (Å²) in [4.78, 5) is 0.382. The second-order valence-corrected chi connectivity index (χ2v) is 8.15.